The molecular weight excluding hydrogens is 478 g/mol. The maximum atomic E-state index is 12.4. The van der Waals surface area contributed by atoms with Gasteiger partial charge in [-0.25, -0.2) is 13.4 Å². The third-order valence-corrected chi connectivity index (χ3v) is 5.32. The Hall–Kier alpha value is -0.640. The molecule has 0 saturated carbocycles. The van der Waals surface area contributed by atoms with Gasteiger partial charge in [-0.05, 0) is 56.1 Å². The number of aromatic nitrogens is 1. The minimum absolute atomic E-state index is 0.0631. The van der Waals surface area contributed by atoms with Crippen LogP contribution < -0.4 is 10.5 Å². The Bertz CT molecular complexity index is 766. The molecule has 0 bridgehead atoms. The molecule has 0 unspecified atom stereocenters. The summed E-state index contributed by atoms with van der Waals surface area (Å²) in [6, 6.07) is 6.56. The number of benzene rings is 1. The van der Waals surface area contributed by atoms with Gasteiger partial charge in [0, 0.05) is 19.6 Å². The zero-order valence-electron chi connectivity index (χ0n) is 9.77. The van der Waals surface area contributed by atoms with E-state index >= 15 is 0 Å². The molecule has 0 spiro atoms. The Kier molecular flexibility index (Phi) is 4.73. The van der Waals surface area contributed by atoms with Gasteiger partial charge in [0.05, 0.1) is 5.69 Å². The van der Waals surface area contributed by atoms with E-state index in [-0.39, 0.29) is 10.7 Å². The molecule has 9 heteroatoms. The van der Waals surface area contributed by atoms with Crippen LogP contribution in [0.4, 0.5) is 11.5 Å². The van der Waals surface area contributed by atoms with Crippen LogP contribution in [-0.2, 0) is 10.0 Å². The first-order chi connectivity index (χ1) is 9.29. The first-order valence-corrected chi connectivity index (χ1v) is 9.05. The van der Waals surface area contributed by atoms with Crippen LogP contribution in [-0.4, -0.2) is 13.4 Å². The topological polar surface area (TPSA) is 85.1 Å². The molecule has 0 radical (unpaired) electrons. The van der Waals surface area contributed by atoms with Crippen molar-refractivity contribution in [1.29, 1.82) is 0 Å². The molecular formula is C11H8Br3N3O2S. The van der Waals surface area contributed by atoms with Gasteiger partial charge in [-0.2, -0.15) is 0 Å². The first-order valence-electron chi connectivity index (χ1n) is 5.18. The lowest BCUT2D eigenvalue weighted by molar-refractivity contribution is 0.601. The fourth-order valence-electron chi connectivity index (χ4n) is 1.42. The van der Waals surface area contributed by atoms with Gasteiger partial charge in [0.25, 0.3) is 10.0 Å². The van der Waals surface area contributed by atoms with E-state index in [0.717, 1.165) is 4.47 Å². The van der Waals surface area contributed by atoms with Crippen LogP contribution in [0.5, 0.6) is 0 Å². The summed E-state index contributed by atoms with van der Waals surface area (Å²) in [7, 11) is -3.82. The fourth-order valence-corrected chi connectivity index (χ4v) is 3.92. The predicted octanol–water partition coefficient (Wildman–Crippen LogP) is 3.75. The highest BCUT2D eigenvalue weighted by Crippen LogP contribution is 2.29. The maximum Gasteiger partial charge on any atom is 0.265 e. The van der Waals surface area contributed by atoms with Crippen molar-refractivity contribution in [3.8, 4) is 0 Å². The largest absolute Gasteiger partial charge is 0.383 e. The summed E-state index contributed by atoms with van der Waals surface area (Å²) in [6.07, 6.45) is 1.43. The number of halogens is 3. The number of pyridine rings is 1. The second-order valence-electron chi connectivity index (χ2n) is 3.77. The monoisotopic (exact) mass is 483 g/mol. The van der Waals surface area contributed by atoms with Crippen molar-refractivity contribution in [3.05, 3.63) is 43.9 Å². The number of hydrogen-bond donors (Lipinski definition) is 2. The second kappa shape index (κ2) is 6.00. The van der Waals surface area contributed by atoms with Crippen LogP contribution in [0.15, 0.2) is 48.8 Å². The first kappa shape index (κ1) is 15.7. The number of nitrogens with one attached hydrogen (secondary N) is 1. The summed E-state index contributed by atoms with van der Waals surface area (Å²) in [5.74, 6) is -0.0631. The quantitative estimate of drug-likeness (QED) is 0.693. The molecule has 2 rings (SSSR count). The summed E-state index contributed by atoms with van der Waals surface area (Å²) >= 11 is 9.74. The predicted molar refractivity (Wildman–Crippen MR) is 89.0 cm³/mol. The SMILES string of the molecule is Nc1ncc(Br)cc1S(=O)(=O)Nc1cc(Br)ccc1Br. The molecule has 2 aromatic rings. The van der Waals surface area contributed by atoms with Crippen molar-refractivity contribution in [2.45, 2.75) is 4.90 Å². The van der Waals surface area contributed by atoms with Crippen molar-refractivity contribution in [2.24, 2.45) is 0 Å². The molecule has 5 nitrogen and oxygen atoms in total. The standard InChI is InChI=1S/C11H8Br3N3O2S/c12-6-1-2-8(14)9(3-6)17-20(18,19)10-4-7(13)5-16-11(10)15/h1-5,17H,(H2,15,16). The van der Waals surface area contributed by atoms with E-state index in [1.54, 1.807) is 18.2 Å². The molecule has 0 aliphatic heterocycles. The van der Waals surface area contributed by atoms with Crippen molar-refractivity contribution >= 4 is 69.3 Å². The number of sulfonamides is 1. The van der Waals surface area contributed by atoms with E-state index in [4.69, 9.17) is 5.73 Å². The molecule has 0 aliphatic carbocycles. The number of rotatable bonds is 3. The minimum atomic E-state index is -3.82. The Morgan fingerprint density at radius 3 is 2.50 bits per heavy atom. The summed E-state index contributed by atoms with van der Waals surface area (Å²) in [5, 5.41) is 0. The van der Waals surface area contributed by atoms with Gasteiger partial charge < -0.3 is 5.73 Å². The van der Waals surface area contributed by atoms with Gasteiger partial charge in [-0.15, -0.1) is 0 Å². The molecule has 0 fully saturated rings. The van der Waals surface area contributed by atoms with E-state index in [1.165, 1.54) is 12.3 Å². The van der Waals surface area contributed by atoms with Gasteiger partial charge in [0.2, 0.25) is 0 Å². The van der Waals surface area contributed by atoms with E-state index in [2.05, 4.69) is 57.5 Å². The molecule has 0 aliphatic rings. The van der Waals surface area contributed by atoms with E-state index in [0.29, 0.717) is 14.6 Å². The molecule has 0 saturated heterocycles. The highest BCUT2D eigenvalue weighted by molar-refractivity contribution is 9.11. The van der Waals surface area contributed by atoms with Gasteiger partial charge >= 0.3 is 0 Å². The molecule has 1 aromatic heterocycles. The third kappa shape index (κ3) is 3.51. The molecule has 3 N–H and O–H groups in total. The molecule has 20 heavy (non-hydrogen) atoms. The molecule has 1 heterocycles. The van der Waals surface area contributed by atoms with Crippen molar-refractivity contribution in [2.75, 3.05) is 10.5 Å². The summed E-state index contributed by atoms with van der Waals surface area (Å²) in [5.41, 5.74) is 6.03. The van der Waals surface area contributed by atoms with Crippen LogP contribution in [0.2, 0.25) is 0 Å². The lowest BCUT2D eigenvalue weighted by Crippen LogP contribution is -2.16. The number of nitrogens with zero attached hydrogens (tertiary/aromatic N) is 1. The average molecular weight is 486 g/mol. The van der Waals surface area contributed by atoms with Gasteiger partial charge in [0.15, 0.2) is 0 Å². The molecule has 1 aromatic carbocycles. The smallest absolute Gasteiger partial charge is 0.265 e. The highest BCUT2D eigenvalue weighted by atomic mass is 79.9. The number of nitrogens with two attached hydrogens (primary N) is 1. The van der Waals surface area contributed by atoms with Gasteiger partial charge in [0.1, 0.15) is 10.7 Å². The van der Waals surface area contributed by atoms with E-state index < -0.39 is 10.0 Å². The lowest BCUT2D eigenvalue weighted by Gasteiger charge is -2.11. The molecule has 106 valence electrons. The van der Waals surface area contributed by atoms with Gasteiger partial charge in [-0.3, -0.25) is 4.72 Å². The van der Waals surface area contributed by atoms with Crippen LogP contribution in [0.3, 0.4) is 0 Å². The zero-order chi connectivity index (χ0) is 14.9. The van der Waals surface area contributed by atoms with Crippen LogP contribution in [0.25, 0.3) is 0 Å². The molecule has 0 amide bonds. The highest BCUT2D eigenvalue weighted by Gasteiger charge is 2.20. The zero-order valence-corrected chi connectivity index (χ0v) is 15.3. The summed E-state index contributed by atoms with van der Waals surface area (Å²) < 4.78 is 29.1. The molecule has 0 atom stereocenters. The van der Waals surface area contributed by atoms with Crippen LogP contribution in [0, 0.1) is 0 Å². The Labute approximate surface area is 141 Å². The number of anilines is 2. The normalized spacial score (nSPS) is 11.3. The van der Waals surface area contributed by atoms with E-state index in [1.807, 2.05) is 0 Å². The minimum Gasteiger partial charge on any atom is -0.383 e. The number of hydrogen-bond acceptors (Lipinski definition) is 4. The van der Waals surface area contributed by atoms with Crippen LogP contribution in [0.1, 0.15) is 0 Å². The average Bonchev–Trinajstić information content (AvgIpc) is 2.36. The van der Waals surface area contributed by atoms with E-state index in [9.17, 15) is 8.42 Å². The number of nitrogen functional groups attached to an aromatic ring is 1. The van der Waals surface area contributed by atoms with Gasteiger partial charge in [-0.1, -0.05) is 15.9 Å². The fraction of sp³-hybridized carbons (Fsp3) is 0. The van der Waals surface area contributed by atoms with Crippen LogP contribution >= 0.6 is 47.8 Å². The lowest BCUT2D eigenvalue weighted by atomic mass is 10.3. The Morgan fingerprint density at radius 1 is 1.10 bits per heavy atom. The Balaban J connectivity index is 2.46. The Morgan fingerprint density at radius 2 is 1.80 bits per heavy atom. The third-order valence-electron chi connectivity index (χ3n) is 2.31. The second-order valence-corrected chi connectivity index (χ2v) is 8.10. The van der Waals surface area contributed by atoms with Crippen molar-refractivity contribution in [1.82, 2.24) is 4.98 Å². The van der Waals surface area contributed by atoms with Crippen molar-refractivity contribution in [3.63, 3.8) is 0 Å². The summed E-state index contributed by atoms with van der Waals surface area (Å²) in [4.78, 5) is 3.73. The summed E-state index contributed by atoms with van der Waals surface area (Å²) in [6.45, 7) is 0. The van der Waals surface area contributed by atoms with Crippen molar-refractivity contribution < 1.29 is 8.42 Å². The maximum absolute atomic E-state index is 12.4.